The average molecular weight is 275 g/mol. The van der Waals surface area contributed by atoms with Gasteiger partial charge in [0.1, 0.15) is 0 Å². The molecule has 1 aliphatic heterocycles. The largest absolute Gasteiger partial charge is 0.479 e. The Morgan fingerprint density at radius 1 is 1.56 bits per heavy atom. The molecule has 9 heteroatoms. The van der Waals surface area contributed by atoms with Crippen molar-refractivity contribution in [3.8, 4) is 6.01 Å². The lowest BCUT2D eigenvalue weighted by Gasteiger charge is -2.30. The minimum Gasteiger partial charge on any atom is -0.479 e. The van der Waals surface area contributed by atoms with Gasteiger partial charge in [-0.2, -0.15) is 15.0 Å². The summed E-state index contributed by atoms with van der Waals surface area (Å²) < 4.78 is 9.98. The number of aromatic nitrogens is 3. The number of nitrogens with zero attached hydrogens (tertiary/aromatic N) is 4. The highest BCUT2D eigenvalue weighted by Gasteiger charge is 2.28. The van der Waals surface area contributed by atoms with Crippen LogP contribution in [0.25, 0.3) is 0 Å². The maximum absolute atomic E-state index is 10.9. The van der Waals surface area contributed by atoms with Gasteiger partial charge >= 0.3 is 12.0 Å². The van der Waals surface area contributed by atoms with Gasteiger partial charge in [0, 0.05) is 6.54 Å². The topological polar surface area (TPSA) is 97.7 Å². The summed E-state index contributed by atoms with van der Waals surface area (Å²) in [7, 11) is 1.41. The second kappa shape index (κ2) is 5.32. The standard InChI is InChI=1S/C9H11ClN4O4/c1-17-9-12-7(10)11-8(13-9)14-2-3-18-5(4-14)6(15)16/h5H,2-4H2,1H3,(H,15,16). The summed E-state index contributed by atoms with van der Waals surface area (Å²) in [6.45, 7) is 0.911. The Hall–Kier alpha value is -1.67. The number of halogens is 1. The fourth-order valence-electron chi connectivity index (χ4n) is 1.54. The van der Waals surface area contributed by atoms with Crippen LogP contribution in [0.4, 0.5) is 5.95 Å². The van der Waals surface area contributed by atoms with Crippen LogP contribution in [-0.4, -0.2) is 58.9 Å². The third kappa shape index (κ3) is 2.77. The van der Waals surface area contributed by atoms with Crippen molar-refractivity contribution in [3.05, 3.63) is 5.28 Å². The van der Waals surface area contributed by atoms with Crippen LogP contribution in [0.15, 0.2) is 0 Å². The molecule has 0 bridgehead atoms. The molecule has 0 radical (unpaired) electrons. The molecule has 0 aromatic carbocycles. The number of rotatable bonds is 3. The first-order chi connectivity index (χ1) is 8.60. The van der Waals surface area contributed by atoms with Crippen LogP contribution in [0.3, 0.4) is 0 Å². The van der Waals surface area contributed by atoms with Gasteiger partial charge in [0.2, 0.25) is 11.2 Å². The predicted molar refractivity (Wildman–Crippen MR) is 61.0 cm³/mol. The summed E-state index contributed by atoms with van der Waals surface area (Å²) >= 11 is 5.73. The van der Waals surface area contributed by atoms with Crippen LogP contribution in [0.2, 0.25) is 5.28 Å². The molecule has 0 spiro atoms. The van der Waals surface area contributed by atoms with Crippen molar-refractivity contribution in [3.63, 3.8) is 0 Å². The summed E-state index contributed by atoms with van der Waals surface area (Å²) in [6, 6.07) is 0.0865. The molecule has 0 amide bonds. The first-order valence-electron chi connectivity index (χ1n) is 5.15. The van der Waals surface area contributed by atoms with Crippen LogP contribution in [0.5, 0.6) is 6.01 Å². The van der Waals surface area contributed by atoms with E-state index in [0.717, 1.165) is 0 Å². The highest BCUT2D eigenvalue weighted by molar-refractivity contribution is 6.28. The van der Waals surface area contributed by atoms with E-state index in [1.165, 1.54) is 7.11 Å². The van der Waals surface area contributed by atoms with Gasteiger partial charge in [0.25, 0.3) is 0 Å². The number of ether oxygens (including phenoxy) is 2. The lowest BCUT2D eigenvalue weighted by atomic mass is 10.3. The summed E-state index contributed by atoms with van der Waals surface area (Å²) in [5.41, 5.74) is 0. The Balaban J connectivity index is 2.20. The minimum absolute atomic E-state index is 0.00443. The molecule has 2 rings (SSSR count). The van der Waals surface area contributed by atoms with E-state index >= 15 is 0 Å². The lowest BCUT2D eigenvalue weighted by Crippen LogP contribution is -2.46. The van der Waals surface area contributed by atoms with Crippen molar-refractivity contribution in [2.24, 2.45) is 0 Å². The van der Waals surface area contributed by atoms with Crippen LogP contribution < -0.4 is 9.64 Å². The molecule has 98 valence electrons. The molecule has 2 heterocycles. The number of methoxy groups -OCH3 is 1. The van der Waals surface area contributed by atoms with E-state index in [-0.39, 0.29) is 30.4 Å². The number of hydrogen-bond acceptors (Lipinski definition) is 7. The Kier molecular flexibility index (Phi) is 3.78. The smallest absolute Gasteiger partial charge is 0.334 e. The molecule has 1 aromatic heterocycles. The minimum atomic E-state index is -1.02. The fourth-order valence-corrected chi connectivity index (χ4v) is 1.68. The molecule has 0 aliphatic carbocycles. The van der Waals surface area contributed by atoms with Gasteiger partial charge in [0.05, 0.1) is 20.3 Å². The van der Waals surface area contributed by atoms with Crippen molar-refractivity contribution in [1.82, 2.24) is 15.0 Å². The molecule has 1 unspecified atom stereocenters. The third-order valence-corrected chi connectivity index (χ3v) is 2.55. The quantitative estimate of drug-likeness (QED) is 0.811. The van der Waals surface area contributed by atoms with Crippen LogP contribution in [0, 0.1) is 0 Å². The number of hydrogen-bond donors (Lipinski definition) is 1. The Bertz CT molecular complexity index is 458. The number of morpholine rings is 1. The molecule has 8 nitrogen and oxygen atoms in total. The first kappa shape index (κ1) is 12.8. The maximum Gasteiger partial charge on any atom is 0.334 e. The Labute approximate surface area is 108 Å². The molecule has 0 saturated carbocycles. The second-order valence-electron chi connectivity index (χ2n) is 3.53. The SMILES string of the molecule is COc1nc(Cl)nc(N2CCOC(C(=O)O)C2)n1. The van der Waals surface area contributed by atoms with E-state index in [4.69, 9.17) is 26.2 Å². The summed E-state index contributed by atoms with van der Waals surface area (Å²) in [5, 5.41) is 8.90. The van der Waals surface area contributed by atoms with Gasteiger partial charge in [-0.05, 0) is 11.6 Å². The van der Waals surface area contributed by atoms with Gasteiger partial charge < -0.3 is 19.5 Å². The predicted octanol–water partition coefficient (Wildman–Crippen LogP) is -0.177. The maximum atomic E-state index is 10.9. The van der Waals surface area contributed by atoms with Crippen LogP contribution >= 0.6 is 11.6 Å². The highest BCUT2D eigenvalue weighted by atomic mass is 35.5. The molecule has 1 aromatic rings. The van der Waals surface area contributed by atoms with E-state index in [1.807, 2.05) is 0 Å². The molecule has 1 fully saturated rings. The molecular weight excluding hydrogens is 264 g/mol. The number of carboxylic acid groups (broad SMARTS) is 1. The molecular formula is C9H11ClN4O4. The zero-order chi connectivity index (χ0) is 13.1. The number of carbonyl (C=O) groups is 1. The van der Waals surface area contributed by atoms with E-state index < -0.39 is 12.1 Å². The lowest BCUT2D eigenvalue weighted by molar-refractivity contribution is -0.150. The summed E-state index contributed by atoms with van der Waals surface area (Å²) in [6.07, 6.45) is -0.903. The monoisotopic (exact) mass is 274 g/mol. The molecule has 18 heavy (non-hydrogen) atoms. The van der Waals surface area contributed by atoms with E-state index in [1.54, 1.807) is 4.90 Å². The number of carboxylic acids is 1. The average Bonchev–Trinajstić information content (AvgIpc) is 2.38. The van der Waals surface area contributed by atoms with Gasteiger partial charge in [-0.1, -0.05) is 0 Å². The van der Waals surface area contributed by atoms with Crippen molar-refractivity contribution < 1.29 is 19.4 Å². The number of anilines is 1. The van der Waals surface area contributed by atoms with Gasteiger partial charge in [-0.15, -0.1) is 0 Å². The van der Waals surface area contributed by atoms with Crippen molar-refractivity contribution in [1.29, 1.82) is 0 Å². The third-order valence-electron chi connectivity index (χ3n) is 2.38. The number of aliphatic carboxylic acids is 1. The van der Waals surface area contributed by atoms with Crippen molar-refractivity contribution >= 4 is 23.5 Å². The Morgan fingerprint density at radius 2 is 2.33 bits per heavy atom. The van der Waals surface area contributed by atoms with Gasteiger partial charge in [-0.25, -0.2) is 4.79 Å². The highest BCUT2D eigenvalue weighted by Crippen LogP contribution is 2.17. The molecule has 1 N–H and O–H groups in total. The van der Waals surface area contributed by atoms with Crippen LogP contribution in [-0.2, 0) is 9.53 Å². The summed E-state index contributed by atoms with van der Waals surface area (Å²) in [4.78, 5) is 24.2. The normalized spacial score (nSPS) is 19.7. The summed E-state index contributed by atoms with van der Waals surface area (Å²) in [5.74, 6) is -0.742. The van der Waals surface area contributed by atoms with Crippen LogP contribution in [0.1, 0.15) is 0 Å². The van der Waals surface area contributed by atoms with E-state index in [9.17, 15) is 4.79 Å². The first-order valence-corrected chi connectivity index (χ1v) is 5.53. The molecule has 1 saturated heterocycles. The fraction of sp³-hybridized carbons (Fsp3) is 0.556. The zero-order valence-electron chi connectivity index (χ0n) is 9.54. The van der Waals surface area contributed by atoms with Gasteiger partial charge in [-0.3, -0.25) is 0 Å². The molecule has 1 aliphatic rings. The van der Waals surface area contributed by atoms with Crippen molar-refractivity contribution in [2.45, 2.75) is 6.10 Å². The van der Waals surface area contributed by atoms with Crippen molar-refractivity contribution in [2.75, 3.05) is 31.7 Å². The Morgan fingerprint density at radius 3 is 3.00 bits per heavy atom. The zero-order valence-corrected chi connectivity index (χ0v) is 10.3. The van der Waals surface area contributed by atoms with E-state index in [0.29, 0.717) is 6.54 Å². The molecule has 1 atom stereocenters. The van der Waals surface area contributed by atoms with E-state index in [2.05, 4.69) is 15.0 Å². The second-order valence-corrected chi connectivity index (χ2v) is 3.87. The van der Waals surface area contributed by atoms with Gasteiger partial charge in [0.15, 0.2) is 6.10 Å².